The minimum atomic E-state index is -0.713. The van der Waals surface area contributed by atoms with Crippen LogP contribution in [-0.2, 0) is 28.0 Å². The molecule has 0 fully saturated rings. The molecule has 0 unspecified atom stereocenters. The van der Waals surface area contributed by atoms with Crippen LogP contribution in [0.1, 0.15) is 44.5 Å². The van der Waals surface area contributed by atoms with Gasteiger partial charge in [0.15, 0.2) is 5.13 Å². The number of benzene rings is 2. The van der Waals surface area contributed by atoms with E-state index < -0.39 is 6.04 Å². The molecule has 1 atom stereocenters. The Kier molecular flexibility index (Phi) is 7.26. The minimum absolute atomic E-state index is 0.124. The van der Waals surface area contributed by atoms with Crippen molar-refractivity contribution in [2.45, 2.75) is 52.1 Å². The lowest BCUT2D eigenvalue weighted by Gasteiger charge is -2.26. The molecule has 2 aromatic carbocycles. The van der Waals surface area contributed by atoms with Gasteiger partial charge in [0, 0.05) is 54.8 Å². The van der Waals surface area contributed by atoms with Gasteiger partial charge in [-0.15, -0.1) is 11.3 Å². The highest BCUT2D eigenvalue weighted by atomic mass is 32.1. The first-order valence-electron chi connectivity index (χ1n) is 11.8. The van der Waals surface area contributed by atoms with Crippen molar-refractivity contribution in [2.75, 3.05) is 12.4 Å². The van der Waals surface area contributed by atoms with E-state index in [1.54, 1.807) is 19.2 Å². The van der Waals surface area contributed by atoms with Crippen molar-refractivity contribution in [1.29, 1.82) is 0 Å². The maximum absolute atomic E-state index is 13.4. The Morgan fingerprint density at radius 1 is 1.14 bits per heavy atom. The first-order chi connectivity index (χ1) is 17.0. The molecule has 0 spiro atoms. The second-order valence-corrected chi connectivity index (χ2v) is 10.9. The van der Waals surface area contributed by atoms with E-state index in [9.17, 15) is 14.0 Å². The van der Waals surface area contributed by atoms with Crippen molar-refractivity contribution >= 4 is 39.2 Å². The van der Waals surface area contributed by atoms with Crippen LogP contribution in [0.15, 0.2) is 60.1 Å². The lowest BCUT2D eigenvalue weighted by Crippen LogP contribution is -2.45. The number of hydrogen-bond acceptors (Lipinski definition) is 4. The number of likely N-dealkylation sites (N-methyl/N-ethyl adjacent to an activating group) is 1. The van der Waals surface area contributed by atoms with E-state index in [0.29, 0.717) is 18.1 Å². The topological polar surface area (TPSA) is 67.2 Å². The average Bonchev–Trinajstić information content (AvgIpc) is 3.43. The van der Waals surface area contributed by atoms with Gasteiger partial charge in [-0.25, -0.2) is 9.37 Å². The fourth-order valence-corrected chi connectivity index (χ4v) is 5.04. The molecule has 4 rings (SSSR count). The van der Waals surface area contributed by atoms with Crippen LogP contribution in [0.4, 0.5) is 9.52 Å². The number of hydrogen-bond donors (Lipinski definition) is 1. The van der Waals surface area contributed by atoms with Gasteiger partial charge in [0.1, 0.15) is 11.9 Å². The van der Waals surface area contributed by atoms with Crippen LogP contribution in [0.2, 0.25) is 0 Å². The smallest absolute Gasteiger partial charge is 0.249 e. The van der Waals surface area contributed by atoms with Crippen LogP contribution in [-0.4, -0.2) is 39.4 Å². The summed E-state index contributed by atoms with van der Waals surface area (Å²) in [5.74, 6) is -0.745. The zero-order chi connectivity index (χ0) is 26.0. The molecule has 4 aromatic rings. The number of amides is 2. The van der Waals surface area contributed by atoms with Gasteiger partial charge in [-0.3, -0.25) is 9.59 Å². The highest BCUT2D eigenvalue weighted by Crippen LogP contribution is 2.28. The van der Waals surface area contributed by atoms with Gasteiger partial charge in [-0.05, 0) is 29.3 Å². The lowest BCUT2D eigenvalue weighted by atomic mass is 9.93. The number of para-hydroxylation sites is 1. The minimum Gasteiger partial charge on any atom is -0.343 e. The highest BCUT2D eigenvalue weighted by Gasteiger charge is 2.28. The van der Waals surface area contributed by atoms with Gasteiger partial charge in [-0.1, -0.05) is 51.1 Å². The molecule has 2 amide bonds. The molecular weight excluding hydrogens is 475 g/mol. The summed E-state index contributed by atoms with van der Waals surface area (Å²) in [6.45, 7) is 8.24. The molecule has 0 saturated heterocycles. The lowest BCUT2D eigenvalue weighted by molar-refractivity contribution is -0.135. The summed E-state index contributed by atoms with van der Waals surface area (Å²) in [4.78, 5) is 31.8. The van der Waals surface area contributed by atoms with E-state index in [1.165, 1.54) is 35.3 Å². The van der Waals surface area contributed by atoms with Crippen LogP contribution >= 0.6 is 11.3 Å². The highest BCUT2D eigenvalue weighted by molar-refractivity contribution is 7.14. The third-order valence-corrected chi connectivity index (χ3v) is 7.08. The molecule has 8 heteroatoms. The van der Waals surface area contributed by atoms with Gasteiger partial charge < -0.3 is 14.8 Å². The van der Waals surface area contributed by atoms with Gasteiger partial charge in [0.05, 0.1) is 5.69 Å². The Labute approximate surface area is 214 Å². The van der Waals surface area contributed by atoms with Crippen molar-refractivity contribution in [1.82, 2.24) is 14.5 Å². The van der Waals surface area contributed by atoms with Gasteiger partial charge >= 0.3 is 0 Å². The summed E-state index contributed by atoms with van der Waals surface area (Å²) in [7, 11) is 1.65. The molecule has 0 saturated carbocycles. The zero-order valence-electron chi connectivity index (χ0n) is 21.2. The quantitative estimate of drug-likeness (QED) is 0.354. The van der Waals surface area contributed by atoms with Crippen molar-refractivity contribution in [3.8, 4) is 0 Å². The number of aromatic nitrogens is 2. The Hall–Kier alpha value is -3.52. The van der Waals surface area contributed by atoms with Crippen molar-refractivity contribution in [3.63, 3.8) is 0 Å². The second kappa shape index (κ2) is 10.2. The molecule has 0 aliphatic carbocycles. The summed E-state index contributed by atoms with van der Waals surface area (Å²) in [6.07, 6.45) is 2.36. The normalized spacial score (nSPS) is 12.5. The largest absolute Gasteiger partial charge is 0.343 e. The summed E-state index contributed by atoms with van der Waals surface area (Å²) in [5, 5.41) is 6.40. The number of halogens is 1. The molecule has 0 aliphatic rings. The fourth-order valence-electron chi connectivity index (χ4n) is 4.10. The number of rotatable bonds is 7. The SMILES string of the molecule is CC(=O)N(C)[C@@H](Cc1cn(Cc2ccc(F)cc2)c2ccccc12)C(=O)Nc1nc(C(C)(C)C)cs1. The number of carbonyl (C=O) groups excluding carboxylic acids is 2. The molecule has 1 N–H and O–H groups in total. The number of anilines is 1. The van der Waals surface area contributed by atoms with E-state index in [4.69, 9.17) is 0 Å². The average molecular weight is 507 g/mol. The van der Waals surface area contributed by atoms with Crippen LogP contribution in [0.5, 0.6) is 0 Å². The summed E-state index contributed by atoms with van der Waals surface area (Å²) < 4.78 is 15.5. The summed E-state index contributed by atoms with van der Waals surface area (Å²) in [6, 6.07) is 13.7. The van der Waals surface area contributed by atoms with Crippen molar-refractivity contribution < 1.29 is 14.0 Å². The van der Waals surface area contributed by atoms with Crippen molar-refractivity contribution in [2.24, 2.45) is 0 Å². The number of nitrogens with zero attached hydrogens (tertiary/aromatic N) is 3. The van der Waals surface area contributed by atoms with E-state index in [-0.39, 0.29) is 23.0 Å². The number of thiazole rings is 1. The molecule has 188 valence electrons. The molecule has 0 bridgehead atoms. The van der Waals surface area contributed by atoms with Gasteiger partial charge in [0.25, 0.3) is 0 Å². The van der Waals surface area contributed by atoms with Crippen LogP contribution < -0.4 is 5.32 Å². The standard InChI is InChI=1S/C28H31FN4O2S/c1-18(34)32(5)24(26(35)31-27-30-25(17-36-27)28(2,3)4)14-20-16-33(23-9-7-6-8-22(20)23)15-19-10-12-21(29)13-11-19/h6-13,16-17,24H,14-15H2,1-5H3,(H,30,31,35)/t24-/m0/s1. The van der Waals surface area contributed by atoms with E-state index in [2.05, 4.69) is 35.6 Å². The monoisotopic (exact) mass is 506 g/mol. The molecule has 36 heavy (non-hydrogen) atoms. The maximum atomic E-state index is 13.4. The van der Waals surface area contributed by atoms with Crippen molar-refractivity contribution in [3.05, 3.63) is 82.7 Å². The number of carbonyl (C=O) groups is 2. The Bertz CT molecular complexity index is 1380. The predicted molar refractivity (Wildman–Crippen MR) is 143 cm³/mol. The first kappa shape index (κ1) is 25.6. The molecule has 2 aromatic heterocycles. The Morgan fingerprint density at radius 3 is 2.47 bits per heavy atom. The Morgan fingerprint density at radius 2 is 1.83 bits per heavy atom. The van der Waals surface area contributed by atoms with E-state index >= 15 is 0 Å². The number of fused-ring (bicyclic) bond motifs is 1. The van der Waals surface area contributed by atoms with Gasteiger partial charge in [-0.2, -0.15) is 0 Å². The number of nitrogens with one attached hydrogen (secondary N) is 1. The maximum Gasteiger partial charge on any atom is 0.249 e. The molecular formula is C28H31FN4O2S. The third kappa shape index (κ3) is 5.65. The molecule has 6 nitrogen and oxygen atoms in total. The van der Waals surface area contributed by atoms with E-state index in [1.807, 2.05) is 35.8 Å². The van der Waals surface area contributed by atoms with Crippen LogP contribution in [0, 0.1) is 5.82 Å². The molecule has 2 heterocycles. The molecule has 0 aliphatic heterocycles. The molecule has 0 radical (unpaired) electrons. The van der Waals surface area contributed by atoms with E-state index in [0.717, 1.165) is 27.7 Å². The van der Waals surface area contributed by atoms with Crippen LogP contribution in [0.3, 0.4) is 0 Å². The Balaban J connectivity index is 1.63. The fraction of sp³-hybridized carbons (Fsp3) is 0.321. The third-order valence-electron chi connectivity index (χ3n) is 6.32. The predicted octanol–water partition coefficient (Wildman–Crippen LogP) is 5.61. The second-order valence-electron chi connectivity index (χ2n) is 10.1. The summed E-state index contributed by atoms with van der Waals surface area (Å²) >= 11 is 1.38. The first-order valence-corrected chi connectivity index (χ1v) is 12.7. The van der Waals surface area contributed by atoms with Crippen LogP contribution in [0.25, 0.3) is 10.9 Å². The zero-order valence-corrected chi connectivity index (χ0v) is 22.0. The summed E-state index contributed by atoms with van der Waals surface area (Å²) in [5.41, 5.74) is 3.72. The van der Waals surface area contributed by atoms with Gasteiger partial charge in [0.2, 0.25) is 11.8 Å².